The van der Waals surface area contributed by atoms with Gasteiger partial charge in [0, 0.05) is 5.69 Å². The van der Waals surface area contributed by atoms with Gasteiger partial charge in [0.05, 0.1) is 13.1 Å². The standard InChI is InChI=1S/C14H19NO/c1-4-13-5-7-14(8-6-13)15-9-11(2)16-12(3)10-15/h5-8,12H,2,4,9-10H2,1,3H3. The highest BCUT2D eigenvalue weighted by Gasteiger charge is 2.19. The molecule has 1 unspecified atom stereocenters. The van der Waals surface area contributed by atoms with Gasteiger partial charge in [-0.1, -0.05) is 25.6 Å². The number of anilines is 1. The maximum atomic E-state index is 5.55. The number of hydrogen-bond donors (Lipinski definition) is 0. The molecule has 1 atom stereocenters. The third kappa shape index (κ3) is 2.38. The number of benzene rings is 1. The topological polar surface area (TPSA) is 12.5 Å². The number of rotatable bonds is 2. The number of aryl methyl sites for hydroxylation is 1. The first-order valence-corrected chi connectivity index (χ1v) is 5.87. The van der Waals surface area contributed by atoms with Crippen LogP contribution in [0.25, 0.3) is 0 Å². The molecule has 1 heterocycles. The number of ether oxygens (including phenoxy) is 1. The Morgan fingerprint density at radius 3 is 2.62 bits per heavy atom. The number of hydrogen-bond acceptors (Lipinski definition) is 2. The molecule has 1 aliphatic rings. The minimum Gasteiger partial charge on any atom is -0.492 e. The second kappa shape index (κ2) is 4.60. The third-order valence-corrected chi connectivity index (χ3v) is 2.92. The Balaban J connectivity index is 2.13. The fourth-order valence-electron chi connectivity index (χ4n) is 2.09. The van der Waals surface area contributed by atoms with Crippen LogP contribution in [0.1, 0.15) is 19.4 Å². The normalized spacial score (nSPS) is 20.8. The van der Waals surface area contributed by atoms with Crippen molar-refractivity contribution >= 4 is 5.69 Å². The van der Waals surface area contributed by atoms with E-state index in [1.807, 2.05) is 0 Å². The average molecular weight is 217 g/mol. The van der Waals surface area contributed by atoms with Crippen molar-refractivity contribution in [2.24, 2.45) is 0 Å². The molecule has 2 heteroatoms. The van der Waals surface area contributed by atoms with E-state index in [4.69, 9.17) is 4.74 Å². The molecule has 0 saturated carbocycles. The second-order valence-electron chi connectivity index (χ2n) is 4.37. The maximum Gasteiger partial charge on any atom is 0.113 e. The maximum absolute atomic E-state index is 5.55. The van der Waals surface area contributed by atoms with E-state index in [1.165, 1.54) is 11.3 Å². The fraction of sp³-hybridized carbons (Fsp3) is 0.429. The van der Waals surface area contributed by atoms with Crippen LogP contribution in [0.15, 0.2) is 36.6 Å². The molecule has 1 fully saturated rings. The molecule has 1 aromatic carbocycles. The SMILES string of the molecule is C=C1CN(c2ccc(CC)cc2)CC(C)O1. The summed E-state index contributed by atoms with van der Waals surface area (Å²) in [5.74, 6) is 0.860. The summed E-state index contributed by atoms with van der Waals surface area (Å²) in [6.07, 6.45) is 1.32. The summed E-state index contributed by atoms with van der Waals surface area (Å²) in [7, 11) is 0. The van der Waals surface area contributed by atoms with Gasteiger partial charge in [-0.2, -0.15) is 0 Å². The first kappa shape index (κ1) is 11.1. The fourth-order valence-corrected chi connectivity index (χ4v) is 2.09. The van der Waals surface area contributed by atoms with Gasteiger partial charge in [0.25, 0.3) is 0 Å². The van der Waals surface area contributed by atoms with E-state index in [0.29, 0.717) is 0 Å². The van der Waals surface area contributed by atoms with Gasteiger partial charge in [-0.3, -0.25) is 0 Å². The van der Waals surface area contributed by atoms with Gasteiger partial charge >= 0.3 is 0 Å². The summed E-state index contributed by atoms with van der Waals surface area (Å²) in [6, 6.07) is 8.75. The lowest BCUT2D eigenvalue weighted by molar-refractivity contribution is 0.114. The Hall–Kier alpha value is -1.44. The molecule has 16 heavy (non-hydrogen) atoms. The second-order valence-corrected chi connectivity index (χ2v) is 4.37. The van der Waals surface area contributed by atoms with Gasteiger partial charge in [0.15, 0.2) is 0 Å². The predicted octanol–water partition coefficient (Wildman–Crippen LogP) is 2.99. The van der Waals surface area contributed by atoms with Crippen LogP contribution < -0.4 is 4.90 Å². The minimum atomic E-state index is 0.229. The molecule has 0 radical (unpaired) electrons. The van der Waals surface area contributed by atoms with E-state index >= 15 is 0 Å². The van der Waals surface area contributed by atoms with Crippen molar-refractivity contribution in [3.63, 3.8) is 0 Å². The van der Waals surface area contributed by atoms with Crippen molar-refractivity contribution in [2.75, 3.05) is 18.0 Å². The lowest BCUT2D eigenvalue weighted by Crippen LogP contribution is -2.39. The van der Waals surface area contributed by atoms with Crippen LogP contribution in [0.2, 0.25) is 0 Å². The van der Waals surface area contributed by atoms with Crippen molar-refractivity contribution in [1.29, 1.82) is 0 Å². The van der Waals surface area contributed by atoms with Crippen molar-refractivity contribution in [3.8, 4) is 0 Å². The van der Waals surface area contributed by atoms with Gasteiger partial charge in [-0.15, -0.1) is 0 Å². The Labute approximate surface area is 97.5 Å². The van der Waals surface area contributed by atoms with Gasteiger partial charge in [0.2, 0.25) is 0 Å². The zero-order valence-corrected chi connectivity index (χ0v) is 10.1. The number of nitrogens with zero attached hydrogens (tertiary/aromatic N) is 1. The van der Waals surface area contributed by atoms with E-state index < -0.39 is 0 Å². The van der Waals surface area contributed by atoms with Crippen LogP contribution in [0.4, 0.5) is 5.69 Å². The molecule has 0 bridgehead atoms. The van der Waals surface area contributed by atoms with Crippen LogP contribution in [-0.2, 0) is 11.2 Å². The minimum absolute atomic E-state index is 0.229. The largest absolute Gasteiger partial charge is 0.492 e. The van der Waals surface area contributed by atoms with E-state index in [2.05, 4.69) is 49.6 Å². The summed E-state index contributed by atoms with van der Waals surface area (Å²) in [6.45, 7) is 9.90. The van der Waals surface area contributed by atoms with Crippen LogP contribution in [-0.4, -0.2) is 19.2 Å². The van der Waals surface area contributed by atoms with E-state index in [-0.39, 0.29) is 6.10 Å². The quantitative estimate of drug-likeness (QED) is 0.755. The summed E-state index contributed by atoms with van der Waals surface area (Å²) in [5.41, 5.74) is 2.64. The summed E-state index contributed by atoms with van der Waals surface area (Å²) >= 11 is 0. The van der Waals surface area contributed by atoms with Crippen molar-refractivity contribution in [2.45, 2.75) is 26.4 Å². The Morgan fingerprint density at radius 1 is 1.38 bits per heavy atom. The molecule has 1 saturated heterocycles. The highest BCUT2D eigenvalue weighted by atomic mass is 16.5. The predicted molar refractivity (Wildman–Crippen MR) is 67.7 cm³/mol. The third-order valence-electron chi connectivity index (χ3n) is 2.92. The van der Waals surface area contributed by atoms with E-state index in [1.54, 1.807) is 0 Å². The number of morpholine rings is 1. The smallest absolute Gasteiger partial charge is 0.113 e. The average Bonchev–Trinajstić information content (AvgIpc) is 2.28. The highest BCUT2D eigenvalue weighted by molar-refractivity contribution is 5.49. The van der Waals surface area contributed by atoms with Gasteiger partial charge in [0.1, 0.15) is 11.9 Å². The van der Waals surface area contributed by atoms with E-state index in [0.717, 1.165) is 25.3 Å². The first-order valence-electron chi connectivity index (χ1n) is 5.87. The van der Waals surface area contributed by atoms with Crippen molar-refractivity contribution in [3.05, 3.63) is 42.2 Å². The Kier molecular flexibility index (Phi) is 3.18. The van der Waals surface area contributed by atoms with E-state index in [9.17, 15) is 0 Å². The Bertz CT molecular complexity index is 369. The molecule has 0 aromatic heterocycles. The monoisotopic (exact) mass is 217 g/mol. The zero-order chi connectivity index (χ0) is 11.5. The molecule has 1 aromatic rings. The molecule has 1 aliphatic heterocycles. The van der Waals surface area contributed by atoms with Crippen LogP contribution in [0, 0.1) is 0 Å². The van der Waals surface area contributed by atoms with Crippen LogP contribution >= 0.6 is 0 Å². The lowest BCUT2D eigenvalue weighted by atomic mass is 10.1. The molecule has 2 nitrogen and oxygen atoms in total. The zero-order valence-electron chi connectivity index (χ0n) is 10.1. The molecular formula is C14H19NO. The van der Waals surface area contributed by atoms with Crippen LogP contribution in [0.5, 0.6) is 0 Å². The van der Waals surface area contributed by atoms with Crippen molar-refractivity contribution in [1.82, 2.24) is 0 Å². The van der Waals surface area contributed by atoms with Crippen LogP contribution in [0.3, 0.4) is 0 Å². The van der Waals surface area contributed by atoms with Gasteiger partial charge in [-0.25, -0.2) is 0 Å². The molecule has 0 N–H and O–H groups in total. The molecule has 86 valence electrons. The first-order chi connectivity index (χ1) is 7.69. The molecule has 2 rings (SSSR count). The molecule has 0 aliphatic carbocycles. The van der Waals surface area contributed by atoms with Gasteiger partial charge in [-0.05, 0) is 31.0 Å². The summed E-state index contributed by atoms with van der Waals surface area (Å²) in [4.78, 5) is 2.32. The van der Waals surface area contributed by atoms with Gasteiger partial charge < -0.3 is 9.64 Å². The Morgan fingerprint density at radius 2 is 2.06 bits per heavy atom. The molecular weight excluding hydrogens is 198 g/mol. The summed E-state index contributed by atoms with van der Waals surface area (Å²) < 4.78 is 5.55. The van der Waals surface area contributed by atoms with Crippen molar-refractivity contribution < 1.29 is 4.74 Å². The summed E-state index contributed by atoms with van der Waals surface area (Å²) in [5, 5.41) is 0. The molecule has 0 amide bonds. The molecule has 0 spiro atoms. The highest BCUT2D eigenvalue weighted by Crippen LogP contribution is 2.21. The lowest BCUT2D eigenvalue weighted by Gasteiger charge is -2.34.